The maximum Gasteiger partial charge on any atom is 0.325 e. The number of rotatable bonds is 6. The molecule has 2 aromatic rings. The Morgan fingerprint density at radius 3 is 2.60 bits per heavy atom. The Hall–Kier alpha value is -3.16. The van der Waals surface area contributed by atoms with Crippen LogP contribution in [0, 0.1) is 5.92 Å². The van der Waals surface area contributed by atoms with Gasteiger partial charge in [0.1, 0.15) is 12.1 Å². The van der Waals surface area contributed by atoms with Crippen molar-refractivity contribution in [2.45, 2.75) is 51.1 Å². The maximum absolute atomic E-state index is 12.9. The number of amides is 4. The van der Waals surface area contributed by atoms with Gasteiger partial charge in [0.25, 0.3) is 5.91 Å². The normalized spacial score (nSPS) is 23.6. The second kappa shape index (κ2) is 8.30. The van der Waals surface area contributed by atoms with E-state index in [1.54, 1.807) is 10.9 Å². The largest absolute Gasteiger partial charge is 0.350 e. The number of carbonyl (C=O) groups is 3. The zero-order chi connectivity index (χ0) is 21.1. The smallest absolute Gasteiger partial charge is 0.325 e. The summed E-state index contributed by atoms with van der Waals surface area (Å²) in [5.41, 5.74) is 1.04. The van der Waals surface area contributed by atoms with Crippen LogP contribution in [0.2, 0.25) is 0 Å². The minimum atomic E-state index is -0.814. The van der Waals surface area contributed by atoms with E-state index >= 15 is 0 Å². The summed E-state index contributed by atoms with van der Waals surface area (Å²) in [4.78, 5) is 38.7. The summed E-state index contributed by atoms with van der Waals surface area (Å²) in [5.74, 6) is -0.00733. The lowest BCUT2D eigenvalue weighted by Crippen LogP contribution is -2.50. The van der Waals surface area contributed by atoms with E-state index in [4.69, 9.17) is 0 Å². The number of carbonyl (C=O) groups excluding carboxylic acids is 3. The van der Waals surface area contributed by atoms with Crippen LogP contribution in [0.3, 0.4) is 0 Å². The minimum Gasteiger partial charge on any atom is -0.350 e. The van der Waals surface area contributed by atoms with Crippen molar-refractivity contribution >= 4 is 17.8 Å². The lowest BCUT2D eigenvalue weighted by Gasteiger charge is -2.34. The lowest BCUT2D eigenvalue weighted by atomic mass is 9.75. The predicted molar refractivity (Wildman–Crippen MR) is 111 cm³/mol. The van der Waals surface area contributed by atoms with Gasteiger partial charge in [-0.2, -0.15) is 5.10 Å². The molecule has 0 radical (unpaired) electrons. The van der Waals surface area contributed by atoms with Gasteiger partial charge in [-0.3, -0.25) is 14.5 Å². The van der Waals surface area contributed by atoms with Gasteiger partial charge in [0.05, 0.1) is 5.69 Å². The van der Waals surface area contributed by atoms with Crippen LogP contribution in [0.1, 0.15) is 44.6 Å². The molecule has 30 heavy (non-hydrogen) atoms. The molecule has 2 N–H and O–H groups in total. The number of aromatic nitrogens is 2. The molecule has 1 aromatic heterocycles. The van der Waals surface area contributed by atoms with E-state index in [1.165, 1.54) is 0 Å². The number of nitrogens with one attached hydrogen (secondary N) is 2. The van der Waals surface area contributed by atoms with Gasteiger partial charge in [0, 0.05) is 18.9 Å². The van der Waals surface area contributed by atoms with E-state index in [1.807, 2.05) is 36.5 Å². The van der Waals surface area contributed by atoms with Crippen LogP contribution in [0.15, 0.2) is 42.7 Å². The standard InChI is InChI=1S/C22H27N5O3/c1-2-16-8-10-22(11-9-16)20(29)26(21(30)25-22)15-19(28)23-14-17-4-6-18(7-5-17)27-13-3-12-24-27/h3-7,12-13,16H,2,8-11,14-15H2,1H3,(H,23,28)(H,25,30). The molecule has 8 nitrogen and oxygen atoms in total. The van der Waals surface area contributed by atoms with Crippen LogP contribution in [0.4, 0.5) is 4.79 Å². The molecule has 0 bridgehead atoms. The van der Waals surface area contributed by atoms with Crippen molar-refractivity contribution in [2.75, 3.05) is 6.54 Å². The van der Waals surface area contributed by atoms with Crippen LogP contribution in [0.5, 0.6) is 0 Å². The quantitative estimate of drug-likeness (QED) is 0.716. The summed E-state index contributed by atoms with van der Waals surface area (Å²) in [5, 5.41) is 9.83. The Morgan fingerprint density at radius 2 is 1.97 bits per heavy atom. The van der Waals surface area contributed by atoms with E-state index in [2.05, 4.69) is 22.7 Å². The van der Waals surface area contributed by atoms with Gasteiger partial charge in [0.15, 0.2) is 0 Å². The molecule has 4 amide bonds. The van der Waals surface area contributed by atoms with Crippen molar-refractivity contribution in [3.8, 4) is 5.69 Å². The number of imide groups is 1. The first-order chi connectivity index (χ1) is 14.5. The molecular formula is C22H27N5O3. The fraction of sp³-hybridized carbons (Fsp3) is 0.455. The fourth-order valence-corrected chi connectivity index (χ4v) is 4.33. The SMILES string of the molecule is CCC1CCC2(CC1)NC(=O)N(CC(=O)NCc1ccc(-n3cccn3)cc1)C2=O. The molecule has 1 aliphatic heterocycles. The number of benzene rings is 1. The summed E-state index contributed by atoms with van der Waals surface area (Å²) >= 11 is 0. The second-order valence-corrected chi connectivity index (χ2v) is 8.15. The Morgan fingerprint density at radius 1 is 1.23 bits per heavy atom. The zero-order valence-electron chi connectivity index (χ0n) is 17.1. The molecule has 8 heteroatoms. The summed E-state index contributed by atoms with van der Waals surface area (Å²) in [6.45, 7) is 2.22. The van der Waals surface area contributed by atoms with Gasteiger partial charge >= 0.3 is 6.03 Å². The molecule has 1 saturated heterocycles. The average Bonchev–Trinajstić information content (AvgIpc) is 3.37. The predicted octanol–water partition coefficient (Wildman–Crippen LogP) is 2.38. The second-order valence-electron chi connectivity index (χ2n) is 8.15. The van der Waals surface area contributed by atoms with E-state index in [9.17, 15) is 14.4 Å². The van der Waals surface area contributed by atoms with Crippen molar-refractivity contribution in [2.24, 2.45) is 5.92 Å². The highest BCUT2D eigenvalue weighted by molar-refractivity contribution is 6.09. The molecule has 0 unspecified atom stereocenters. The monoisotopic (exact) mass is 409 g/mol. The minimum absolute atomic E-state index is 0.255. The van der Waals surface area contributed by atoms with Crippen LogP contribution in [0.25, 0.3) is 5.69 Å². The third kappa shape index (κ3) is 3.94. The van der Waals surface area contributed by atoms with Crippen molar-refractivity contribution < 1.29 is 14.4 Å². The van der Waals surface area contributed by atoms with Crippen molar-refractivity contribution in [1.29, 1.82) is 0 Å². The number of hydrogen-bond acceptors (Lipinski definition) is 4. The Bertz CT molecular complexity index is 915. The Kier molecular flexibility index (Phi) is 5.57. The molecule has 1 aliphatic carbocycles. The molecule has 0 atom stereocenters. The first kappa shape index (κ1) is 20.1. The van der Waals surface area contributed by atoms with Crippen LogP contribution in [-0.4, -0.2) is 44.6 Å². The fourth-order valence-electron chi connectivity index (χ4n) is 4.33. The molecule has 4 rings (SSSR count). The maximum atomic E-state index is 12.9. The van der Waals surface area contributed by atoms with E-state index < -0.39 is 11.6 Å². The van der Waals surface area contributed by atoms with Crippen molar-refractivity contribution in [3.63, 3.8) is 0 Å². The first-order valence-electron chi connectivity index (χ1n) is 10.5. The Labute approximate surface area is 175 Å². The van der Waals surface area contributed by atoms with E-state index in [0.29, 0.717) is 25.3 Å². The number of nitrogens with zero attached hydrogens (tertiary/aromatic N) is 3. The first-order valence-corrected chi connectivity index (χ1v) is 10.5. The molecule has 1 aromatic carbocycles. The third-order valence-electron chi connectivity index (χ3n) is 6.28. The van der Waals surface area contributed by atoms with Crippen LogP contribution < -0.4 is 10.6 Å². The summed E-state index contributed by atoms with van der Waals surface area (Å²) < 4.78 is 1.75. The summed E-state index contributed by atoms with van der Waals surface area (Å²) in [7, 11) is 0. The molecule has 1 saturated carbocycles. The molecule has 2 fully saturated rings. The van der Waals surface area contributed by atoms with Gasteiger partial charge < -0.3 is 10.6 Å². The van der Waals surface area contributed by atoms with Gasteiger partial charge in [-0.05, 0) is 55.4 Å². The van der Waals surface area contributed by atoms with Crippen molar-refractivity contribution in [3.05, 3.63) is 48.3 Å². The lowest BCUT2D eigenvalue weighted by molar-refractivity contribution is -0.136. The molecule has 1 spiro atoms. The van der Waals surface area contributed by atoms with Gasteiger partial charge in [-0.1, -0.05) is 25.5 Å². The van der Waals surface area contributed by atoms with Crippen LogP contribution >= 0.6 is 0 Å². The van der Waals surface area contributed by atoms with Crippen LogP contribution in [-0.2, 0) is 16.1 Å². The molecule has 158 valence electrons. The van der Waals surface area contributed by atoms with Crippen molar-refractivity contribution in [1.82, 2.24) is 25.3 Å². The summed E-state index contributed by atoms with van der Waals surface area (Å²) in [6.07, 6.45) is 7.81. The zero-order valence-corrected chi connectivity index (χ0v) is 17.1. The Balaban J connectivity index is 1.31. The summed E-state index contributed by atoms with van der Waals surface area (Å²) in [6, 6.07) is 9.04. The molecule has 2 heterocycles. The third-order valence-corrected chi connectivity index (χ3v) is 6.28. The molecular weight excluding hydrogens is 382 g/mol. The van der Waals surface area contributed by atoms with E-state index in [-0.39, 0.29) is 18.4 Å². The van der Waals surface area contributed by atoms with E-state index in [0.717, 1.165) is 35.4 Å². The average molecular weight is 409 g/mol. The highest BCUT2D eigenvalue weighted by Gasteiger charge is 2.52. The van der Waals surface area contributed by atoms with Gasteiger partial charge in [-0.25, -0.2) is 9.48 Å². The van der Waals surface area contributed by atoms with Gasteiger partial charge in [-0.15, -0.1) is 0 Å². The number of urea groups is 1. The topological polar surface area (TPSA) is 96.3 Å². The number of hydrogen-bond donors (Lipinski definition) is 2. The highest BCUT2D eigenvalue weighted by Crippen LogP contribution is 2.37. The molecule has 2 aliphatic rings. The highest BCUT2D eigenvalue weighted by atomic mass is 16.2. The van der Waals surface area contributed by atoms with Gasteiger partial charge in [0.2, 0.25) is 5.91 Å².